The summed E-state index contributed by atoms with van der Waals surface area (Å²) in [6.07, 6.45) is 1.53. The van der Waals surface area contributed by atoms with E-state index in [1.54, 1.807) is 0 Å². The van der Waals surface area contributed by atoms with Crippen LogP contribution in [0.2, 0.25) is 0 Å². The summed E-state index contributed by atoms with van der Waals surface area (Å²) in [5, 5.41) is 0. The summed E-state index contributed by atoms with van der Waals surface area (Å²) in [6.45, 7) is 17.1. The topological polar surface area (TPSA) is 27.7 Å². The Morgan fingerprint density at radius 3 is 1.82 bits per heavy atom. The molecule has 0 aliphatic carbocycles. The van der Waals surface area contributed by atoms with Crippen LogP contribution in [0, 0.1) is 17.8 Å². The summed E-state index contributed by atoms with van der Waals surface area (Å²) in [6, 6.07) is 29.2. The molecule has 0 N–H and O–H groups in total. The van der Waals surface area contributed by atoms with Crippen LogP contribution in [-0.2, 0) is 10.2 Å². The Hall–Kier alpha value is -2.78. The van der Waals surface area contributed by atoms with Crippen molar-refractivity contribution in [1.29, 1.82) is 0 Å². The maximum Gasteiger partial charge on any atom is 0.209 e. The smallest absolute Gasteiger partial charge is 0.209 e. The minimum atomic E-state index is -0.441. The highest BCUT2D eigenvalue weighted by atomic mass is 16.7. The molecule has 3 heteroatoms. The molecule has 3 aromatic rings. The first-order valence-corrected chi connectivity index (χ1v) is 14.3. The number of hydrogen-bond donors (Lipinski definition) is 0. The molecule has 0 saturated heterocycles. The van der Waals surface area contributed by atoms with E-state index in [4.69, 9.17) is 14.2 Å². The summed E-state index contributed by atoms with van der Waals surface area (Å²) in [4.78, 5) is 0. The largest absolute Gasteiger partial charge is 0.494 e. The number of rotatable bonds is 15. The summed E-state index contributed by atoms with van der Waals surface area (Å²) < 4.78 is 19.1. The van der Waals surface area contributed by atoms with Gasteiger partial charge in [-0.1, -0.05) is 110 Å². The molecule has 0 fully saturated rings. The van der Waals surface area contributed by atoms with Crippen molar-refractivity contribution in [2.75, 3.05) is 13.2 Å². The third-order valence-electron chi connectivity index (χ3n) is 7.74. The summed E-state index contributed by atoms with van der Waals surface area (Å²) in [5.41, 5.74) is 2.26. The lowest BCUT2D eigenvalue weighted by Gasteiger charge is -2.41. The van der Waals surface area contributed by atoms with Crippen molar-refractivity contribution in [3.8, 4) is 11.5 Å². The molecule has 3 nitrogen and oxygen atoms in total. The summed E-state index contributed by atoms with van der Waals surface area (Å²) in [7, 11) is 0. The molecule has 3 aromatic carbocycles. The lowest BCUT2D eigenvalue weighted by atomic mass is 9.72. The van der Waals surface area contributed by atoms with Gasteiger partial charge in [-0.2, -0.15) is 0 Å². The molecule has 0 saturated carbocycles. The van der Waals surface area contributed by atoms with Crippen LogP contribution in [0.3, 0.4) is 0 Å². The normalized spacial score (nSPS) is 14.5. The van der Waals surface area contributed by atoms with Crippen LogP contribution in [0.1, 0.15) is 85.8 Å². The van der Waals surface area contributed by atoms with Gasteiger partial charge in [-0.25, -0.2) is 0 Å². The van der Waals surface area contributed by atoms with Crippen LogP contribution < -0.4 is 9.47 Å². The van der Waals surface area contributed by atoms with Crippen molar-refractivity contribution in [2.24, 2.45) is 17.8 Å². The Morgan fingerprint density at radius 2 is 1.28 bits per heavy atom. The van der Waals surface area contributed by atoms with Gasteiger partial charge >= 0.3 is 0 Å². The zero-order valence-corrected chi connectivity index (χ0v) is 24.5. The van der Waals surface area contributed by atoms with E-state index in [2.05, 4.69) is 103 Å². The fourth-order valence-corrected chi connectivity index (χ4v) is 5.04. The molecule has 0 heterocycles. The summed E-state index contributed by atoms with van der Waals surface area (Å²) >= 11 is 0. The van der Waals surface area contributed by atoms with Crippen LogP contribution in [0.4, 0.5) is 0 Å². The zero-order chi connectivity index (χ0) is 27.5. The van der Waals surface area contributed by atoms with E-state index in [0.717, 1.165) is 17.9 Å². The molecule has 3 unspecified atom stereocenters. The number of benzene rings is 3. The standard InChI is InChI=1S/C35H48O3.CH4/c1-26(2)25-33(27(3)4)29-19-21-32(22-20-29)38-34(35(7,28(5)6)30-15-10-8-11-16-30)37-24-14-23-36-31-17-12-9-13-18-31;/h8-13,15-22,26-28,33-34H,14,23-25H2,1-7H3;1H4. The second-order valence-corrected chi connectivity index (χ2v) is 11.7. The highest BCUT2D eigenvalue weighted by Gasteiger charge is 2.41. The van der Waals surface area contributed by atoms with Crippen molar-refractivity contribution in [3.63, 3.8) is 0 Å². The van der Waals surface area contributed by atoms with Gasteiger partial charge in [0.25, 0.3) is 0 Å². The molecule has 0 amide bonds. The second-order valence-electron chi connectivity index (χ2n) is 11.7. The van der Waals surface area contributed by atoms with Crippen molar-refractivity contribution < 1.29 is 14.2 Å². The molecule has 3 rings (SSSR count). The number of ether oxygens (including phenoxy) is 3. The maximum absolute atomic E-state index is 6.67. The van der Waals surface area contributed by atoms with Crippen molar-refractivity contribution in [1.82, 2.24) is 0 Å². The molecule has 0 radical (unpaired) electrons. The van der Waals surface area contributed by atoms with Gasteiger partial charge in [0.05, 0.1) is 18.6 Å². The van der Waals surface area contributed by atoms with Crippen LogP contribution in [-0.4, -0.2) is 19.5 Å². The Kier molecular flexibility index (Phi) is 13.1. The first-order chi connectivity index (χ1) is 18.2. The Labute approximate surface area is 238 Å². The van der Waals surface area contributed by atoms with E-state index >= 15 is 0 Å². The third kappa shape index (κ3) is 9.14. The van der Waals surface area contributed by atoms with Gasteiger partial charge in [-0.05, 0) is 72.4 Å². The minimum Gasteiger partial charge on any atom is -0.494 e. The van der Waals surface area contributed by atoms with Crippen LogP contribution in [0.25, 0.3) is 0 Å². The first kappa shape index (κ1) is 32.4. The fourth-order valence-electron chi connectivity index (χ4n) is 5.04. The molecular weight excluding hydrogens is 480 g/mol. The molecule has 0 bridgehead atoms. The van der Waals surface area contributed by atoms with E-state index in [9.17, 15) is 0 Å². The van der Waals surface area contributed by atoms with E-state index in [0.29, 0.717) is 36.9 Å². The van der Waals surface area contributed by atoms with Crippen molar-refractivity contribution in [3.05, 3.63) is 96.1 Å². The number of para-hydroxylation sites is 1. The van der Waals surface area contributed by atoms with Crippen LogP contribution in [0.15, 0.2) is 84.9 Å². The van der Waals surface area contributed by atoms with E-state index in [-0.39, 0.29) is 12.8 Å². The van der Waals surface area contributed by atoms with E-state index < -0.39 is 6.29 Å². The van der Waals surface area contributed by atoms with Gasteiger partial charge in [0, 0.05) is 6.42 Å². The number of hydrogen-bond acceptors (Lipinski definition) is 3. The monoisotopic (exact) mass is 532 g/mol. The van der Waals surface area contributed by atoms with Crippen molar-refractivity contribution in [2.45, 2.75) is 86.4 Å². The lowest BCUT2D eigenvalue weighted by molar-refractivity contribution is -0.138. The average Bonchev–Trinajstić information content (AvgIpc) is 2.91. The first-order valence-electron chi connectivity index (χ1n) is 14.3. The highest BCUT2D eigenvalue weighted by Crippen LogP contribution is 2.39. The van der Waals surface area contributed by atoms with E-state index in [1.165, 1.54) is 17.5 Å². The maximum atomic E-state index is 6.67. The Balaban J connectivity index is 0.00000533. The van der Waals surface area contributed by atoms with Gasteiger partial charge in [-0.3, -0.25) is 0 Å². The molecule has 214 valence electrons. The van der Waals surface area contributed by atoms with Crippen LogP contribution in [0.5, 0.6) is 11.5 Å². The minimum absolute atomic E-state index is 0. The van der Waals surface area contributed by atoms with Gasteiger partial charge < -0.3 is 14.2 Å². The molecule has 39 heavy (non-hydrogen) atoms. The average molecular weight is 533 g/mol. The van der Waals surface area contributed by atoms with Gasteiger partial charge in [0.1, 0.15) is 11.5 Å². The quantitative estimate of drug-likeness (QED) is 0.144. The predicted octanol–water partition coefficient (Wildman–Crippen LogP) is 9.91. The fraction of sp³-hybridized carbons (Fsp3) is 0.500. The Morgan fingerprint density at radius 1 is 0.692 bits per heavy atom. The molecule has 3 atom stereocenters. The molecule has 0 aromatic heterocycles. The van der Waals surface area contributed by atoms with E-state index in [1.807, 2.05) is 30.3 Å². The molecule has 0 spiro atoms. The second kappa shape index (κ2) is 15.7. The molecule has 0 aliphatic heterocycles. The lowest BCUT2D eigenvalue weighted by Crippen LogP contribution is -2.47. The SMILES string of the molecule is C.CC(C)CC(c1ccc(OC(OCCCOc2ccccc2)C(C)(c2ccccc2)C(C)C)cc1)C(C)C. The van der Waals surface area contributed by atoms with Gasteiger partial charge in [0.2, 0.25) is 6.29 Å². The Bertz CT molecular complexity index is 1040. The van der Waals surface area contributed by atoms with Gasteiger partial charge in [-0.15, -0.1) is 0 Å². The third-order valence-corrected chi connectivity index (χ3v) is 7.74. The van der Waals surface area contributed by atoms with Crippen LogP contribution >= 0.6 is 0 Å². The van der Waals surface area contributed by atoms with Gasteiger partial charge in [0.15, 0.2) is 0 Å². The molecule has 0 aliphatic rings. The highest BCUT2D eigenvalue weighted by molar-refractivity contribution is 5.32. The van der Waals surface area contributed by atoms with Crippen molar-refractivity contribution >= 4 is 0 Å². The molecular formula is C36H52O3. The predicted molar refractivity (Wildman–Crippen MR) is 166 cm³/mol. The zero-order valence-electron chi connectivity index (χ0n) is 24.5. The summed E-state index contributed by atoms with van der Waals surface area (Å²) in [5.74, 6) is 3.83.